The Morgan fingerprint density at radius 1 is 1.17 bits per heavy atom. The molecular formula is C24H27NO4. The fraction of sp³-hybridized carbons (Fsp3) is 0.375. The molecule has 2 aliphatic heterocycles. The van der Waals surface area contributed by atoms with Crippen molar-refractivity contribution in [3.63, 3.8) is 0 Å². The van der Waals surface area contributed by atoms with Crippen molar-refractivity contribution in [3.05, 3.63) is 64.7 Å². The van der Waals surface area contributed by atoms with Crippen LogP contribution in [-0.4, -0.2) is 51.3 Å². The Morgan fingerprint density at radius 2 is 2.03 bits per heavy atom. The van der Waals surface area contributed by atoms with Crippen molar-refractivity contribution < 1.29 is 19.0 Å². The van der Waals surface area contributed by atoms with E-state index >= 15 is 0 Å². The van der Waals surface area contributed by atoms with Crippen LogP contribution >= 0.6 is 0 Å². The molecule has 2 heterocycles. The van der Waals surface area contributed by atoms with Crippen LogP contribution in [0.15, 0.2) is 48.0 Å². The molecule has 0 aliphatic carbocycles. The van der Waals surface area contributed by atoms with Gasteiger partial charge in [-0.1, -0.05) is 30.3 Å². The number of fused-ring (bicyclic) bond motifs is 1. The lowest BCUT2D eigenvalue weighted by Crippen LogP contribution is -2.31. The van der Waals surface area contributed by atoms with Crippen LogP contribution < -0.4 is 9.47 Å². The van der Waals surface area contributed by atoms with E-state index in [4.69, 9.17) is 14.2 Å². The number of nitrogens with zero attached hydrogens (tertiary/aromatic N) is 1. The van der Waals surface area contributed by atoms with Gasteiger partial charge in [0, 0.05) is 31.5 Å². The first kappa shape index (κ1) is 19.5. The van der Waals surface area contributed by atoms with Crippen LogP contribution in [0.1, 0.15) is 23.1 Å². The van der Waals surface area contributed by atoms with E-state index in [1.807, 2.05) is 43.4 Å². The molecule has 0 N–H and O–H groups in total. The van der Waals surface area contributed by atoms with Gasteiger partial charge in [0.15, 0.2) is 0 Å². The van der Waals surface area contributed by atoms with E-state index in [2.05, 4.69) is 11.0 Å². The molecule has 0 bridgehead atoms. The molecule has 4 rings (SSSR count). The van der Waals surface area contributed by atoms with Gasteiger partial charge in [-0.05, 0) is 42.3 Å². The predicted molar refractivity (Wildman–Crippen MR) is 112 cm³/mol. The molecule has 0 saturated carbocycles. The van der Waals surface area contributed by atoms with Crippen molar-refractivity contribution in [3.8, 4) is 11.5 Å². The van der Waals surface area contributed by atoms with Crippen LogP contribution in [0, 0.1) is 0 Å². The van der Waals surface area contributed by atoms with E-state index in [0.717, 1.165) is 54.2 Å². The summed E-state index contributed by atoms with van der Waals surface area (Å²) in [5, 5.41) is 0. The molecule has 29 heavy (non-hydrogen) atoms. The summed E-state index contributed by atoms with van der Waals surface area (Å²) in [6, 6.07) is 14.1. The minimum atomic E-state index is -0.234. The van der Waals surface area contributed by atoms with Crippen molar-refractivity contribution in [1.82, 2.24) is 4.90 Å². The monoisotopic (exact) mass is 393 g/mol. The molecule has 0 fully saturated rings. The van der Waals surface area contributed by atoms with Gasteiger partial charge in [-0.3, -0.25) is 0 Å². The van der Waals surface area contributed by atoms with Gasteiger partial charge in [-0.15, -0.1) is 0 Å². The number of hydrogen-bond donors (Lipinski definition) is 0. The maximum absolute atomic E-state index is 12.9. The first-order valence-corrected chi connectivity index (χ1v) is 10.1. The zero-order valence-electron chi connectivity index (χ0n) is 17.1. The van der Waals surface area contributed by atoms with Gasteiger partial charge in [-0.25, -0.2) is 4.79 Å². The van der Waals surface area contributed by atoms with Crippen LogP contribution in [0.4, 0.5) is 0 Å². The highest BCUT2D eigenvalue weighted by Crippen LogP contribution is 2.33. The predicted octanol–water partition coefficient (Wildman–Crippen LogP) is 3.51. The molecule has 5 nitrogen and oxygen atoms in total. The number of ether oxygens (including phenoxy) is 3. The number of benzene rings is 2. The lowest BCUT2D eigenvalue weighted by molar-refractivity contribution is -0.139. The molecule has 0 spiro atoms. The van der Waals surface area contributed by atoms with Crippen LogP contribution in [0.2, 0.25) is 0 Å². The summed E-state index contributed by atoms with van der Waals surface area (Å²) < 4.78 is 16.8. The average molecular weight is 393 g/mol. The fourth-order valence-corrected chi connectivity index (χ4v) is 4.02. The Kier molecular flexibility index (Phi) is 5.86. The van der Waals surface area contributed by atoms with Crippen molar-refractivity contribution >= 4 is 11.5 Å². The largest absolute Gasteiger partial charge is 0.496 e. The lowest BCUT2D eigenvalue weighted by Gasteiger charge is -2.27. The van der Waals surface area contributed by atoms with Crippen LogP contribution in [-0.2, 0) is 22.4 Å². The maximum Gasteiger partial charge on any atom is 0.335 e. The summed E-state index contributed by atoms with van der Waals surface area (Å²) in [5.74, 6) is 1.53. The van der Waals surface area contributed by atoms with E-state index in [9.17, 15) is 4.79 Å². The van der Waals surface area contributed by atoms with Gasteiger partial charge < -0.3 is 19.1 Å². The first-order valence-electron chi connectivity index (χ1n) is 10.1. The highest BCUT2D eigenvalue weighted by Gasteiger charge is 2.25. The summed E-state index contributed by atoms with van der Waals surface area (Å²) in [4.78, 5) is 15.1. The topological polar surface area (TPSA) is 48.0 Å². The molecule has 2 aliphatic rings. The number of carbonyl (C=O) groups is 1. The van der Waals surface area contributed by atoms with Gasteiger partial charge in [-0.2, -0.15) is 0 Å². The van der Waals surface area contributed by atoms with E-state index < -0.39 is 0 Å². The van der Waals surface area contributed by atoms with Gasteiger partial charge in [0.2, 0.25) is 0 Å². The molecular weight excluding hydrogens is 366 g/mol. The van der Waals surface area contributed by atoms with Crippen LogP contribution in [0.25, 0.3) is 5.57 Å². The molecule has 5 heteroatoms. The molecule has 152 valence electrons. The average Bonchev–Trinajstić information content (AvgIpc) is 3.21. The van der Waals surface area contributed by atoms with Crippen molar-refractivity contribution in [2.45, 2.75) is 19.3 Å². The second kappa shape index (κ2) is 8.70. The van der Waals surface area contributed by atoms with E-state index in [1.165, 1.54) is 11.1 Å². The zero-order chi connectivity index (χ0) is 20.2. The second-order valence-electron chi connectivity index (χ2n) is 7.57. The highest BCUT2D eigenvalue weighted by atomic mass is 16.5. The Bertz CT molecular complexity index is 934. The van der Waals surface area contributed by atoms with Gasteiger partial charge >= 0.3 is 5.97 Å². The van der Waals surface area contributed by atoms with E-state index in [1.54, 1.807) is 7.11 Å². The SMILES string of the molecule is COc1ccccc1C1=C(C(=O)OCCc2ccc3c(c2)CCO3)CN(C)CC1. The Labute approximate surface area is 171 Å². The second-order valence-corrected chi connectivity index (χ2v) is 7.57. The summed E-state index contributed by atoms with van der Waals surface area (Å²) in [5.41, 5.74) is 5.14. The minimum Gasteiger partial charge on any atom is -0.496 e. The van der Waals surface area contributed by atoms with Gasteiger partial charge in [0.25, 0.3) is 0 Å². The maximum atomic E-state index is 12.9. The third-order valence-electron chi connectivity index (χ3n) is 5.59. The Hall–Kier alpha value is -2.79. The molecule has 0 radical (unpaired) electrons. The van der Waals surface area contributed by atoms with Gasteiger partial charge in [0.05, 0.1) is 25.9 Å². The molecule has 0 saturated heterocycles. The van der Waals surface area contributed by atoms with Crippen molar-refractivity contribution in [2.75, 3.05) is 40.5 Å². The van der Waals surface area contributed by atoms with Crippen molar-refractivity contribution in [1.29, 1.82) is 0 Å². The Balaban J connectivity index is 1.48. The highest BCUT2D eigenvalue weighted by molar-refractivity contribution is 5.99. The number of carbonyl (C=O) groups excluding carboxylic acids is 1. The molecule has 2 aromatic rings. The Morgan fingerprint density at radius 3 is 2.90 bits per heavy atom. The third-order valence-corrected chi connectivity index (χ3v) is 5.59. The van der Waals surface area contributed by atoms with E-state index in [-0.39, 0.29) is 5.97 Å². The standard InChI is InChI=1S/C24H27NO4/c1-25-12-9-19(20-5-3-4-6-23(20)27-2)21(16-25)24(26)29-13-10-17-7-8-22-18(15-17)11-14-28-22/h3-8,15H,9-14,16H2,1-2H3. The molecule has 0 atom stereocenters. The summed E-state index contributed by atoms with van der Waals surface area (Å²) >= 11 is 0. The zero-order valence-corrected chi connectivity index (χ0v) is 17.1. The number of methoxy groups -OCH3 is 1. The molecule has 0 amide bonds. The number of esters is 1. The quantitative estimate of drug-likeness (QED) is 0.703. The first-order chi connectivity index (χ1) is 14.2. The van der Waals surface area contributed by atoms with Crippen LogP contribution in [0.3, 0.4) is 0 Å². The van der Waals surface area contributed by atoms with E-state index in [0.29, 0.717) is 19.6 Å². The summed E-state index contributed by atoms with van der Waals surface area (Å²) in [7, 11) is 3.69. The van der Waals surface area contributed by atoms with Gasteiger partial charge in [0.1, 0.15) is 11.5 Å². The minimum absolute atomic E-state index is 0.234. The third kappa shape index (κ3) is 4.30. The number of para-hydroxylation sites is 1. The normalized spacial score (nSPS) is 16.3. The number of rotatable bonds is 6. The lowest BCUT2D eigenvalue weighted by atomic mass is 9.93. The smallest absolute Gasteiger partial charge is 0.335 e. The number of likely N-dealkylation sites (N-methyl/N-ethyl adjacent to an activating group) is 1. The fourth-order valence-electron chi connectivity index (χ4n) is 4.02. The summed E-state index contributed by atoms with van der Waals surface area (Å²) in [6.45, 7) is 2.61. The molecule has 0 aromatic heterocycles. The molecule has 0 unspecified atom stereocenters. The van der Waals surface area contributed by atoms with Crippen LogP contribution in [0.5, 0.6) is 11.5 Å². The van der Waals surface area contributed by atoms with Crippen molar-refractivity contribution in [2.24, 2.45) is 0 Å². The number of hydrogen-bond acceptors (Lipinski definition) is 5. The summed E-state index contributed by atoms with van der Waals surface area (Å²) in [6.07, 6.45) is 2.45. The molecule has 2 aromatic carbocycles.